The van der Waals surface area contributed by atoms with E-state index in [1.54, 1.807) is 13.8 Å². The minimum atomic E-state index is -3.83. The average molecular weight is 411 g/mol. The molecular formula is C14H13N5O4S3. The summed E-state index contributed by atoms with van der Waals surface area (Å²) >= 11 is 5.96. The predicted molar refractivity (Wildman–Crippen MR) is 99.9 cm³/mol. The smallest absolute Gasteiger partial charge is 0.264 e. The van der Waals surface area contributed by atoms with Crippen molar-refractivity contribution in [2.75, 3.05) is 4.72 Å². The average Bonchev–Trinajstić information content (AvgIpc) is 3.08. The Morgan fingerprint density at radius 2 is 2.00 bits per heavy atom. The van der Waals surface area contributed by atoms with Gasteiger partial charge in [0.15, 0.2) is 0 Å². The number of thioether (sulfide) groups is 1. The summed E-state index contributed by atoms with van der Waals surface area (Å²) in [6, 6.07) is 5.71. The molecule has 1 amide bonds. The first kappa shape index (κ1) is 18.5. The second kappa shape index (κ2) is 7.13. The van der Waals surface area contributed by atoms with E-state index in [1.807, 2.05) is 0 Å². The van der Waals surface area contributed by atoms with Gasteiger partial charge in [0, 0.05) is 5.56 Å². The molecule has 136 valence electrons. The highest BCUT2D eigenvalue weighted by molar-refractivity contribution is 8.24. The fraction of sp³-hybridized carbons (Fsp3) is 0.214. The molecule has 2 N–H and O–H groups in total. The quantitative estimate of drug-likeness (QED) is 0.572. The Labute approximate surface area is 158 Å². The lowest BCUT2D eigenvalue weighted by Crippen LogP contribution is -2.22. The number of amides is 1. The first-order chi connectivity index (χ1) is 12.3. The zero-order valence-corrected chi connectivity index (χ0v) is 16.0. The number of thiocarbonyl (C=S) groups is 1. The number of nitrogens with one attached hydrogen (secondary N) is 2. The lowest BCUT2D eigenvalue weighted by Gasteiger charge is -2.05. The van der Waals surface area contributed by atoms with Crippen LogP contribution < -0.4 is 10.0 Å². The summed E-state index contributed by atoms with van der Waals surface area (Å²) in [6.45, 7) is 3.42. The van der Waals surface area contributed by atoms with Gasteiger partial charge in [-0.05, 0) is 38.1 Å². The topological polar surface area (TPSA) is 126 Å². The third-order valence-corrected chi connectivity index (χ3v) is 6.06. The number of rotatable bonds is 5. The van der Waals surface area contributed by atoms with Crippen LogP contribution in [0, 0.1) is 13.8 Å². The molecule has 1 aromatic heterocycles. The molecule has 26 heavy (non-hydrogen) atoms. The maximum Gasteiger partial charge on any atom is 0.264 e. The van der Waals surface area contributed by atoms with Crippen LogP contribution in [0.2, 0.25) is 0 Å². The predicted octanol–water partition coefficient (Wildman–Crippen LogP) is 2.65. The van der Waals surface area contributed by atoms with Crippen molar-refractivity contribution in [3.8, 4) is 0 Å². The fourth-order valence-corrected chi connectivity index (χ4v) is 3.97. The molecule has 0 spiro atoms. The highest BCUT2D eigenvalue weighted by Gasteiger charge is 2.28. The van der Waals surface area contributed by atoms with Gasteiger partial charge in [-0.15, -0.1) is 0 Å². The van der Waals surface area contributed by atoms with Gasteiger partial charge >= 0.3 is 0 Å². The number of hydrogen-bond donors (Lipinski definition) is 2. The second-order valence-electron chi connectivity index (χ2n) is 5.28. The number of hydrogen-bond acceptors (Lipinski definition) is 9. The number of nitrogens with zero attached hydrogens (tertiary/aromatic N) is 3. The van der Waals surface area contributed by atoms with E-state index in [-0.39, 0.29) is 16.7 Å². The molecule has 1 fully saturated rings. The third-order valence-electron chi connectivity index (χ3n) is 3.48. The van der Waals surface area contributed by atoms with Gasteiger partial charge in [0.1, 0.15) is 4.32 Å². The van der Waals surface area contributed by atoms with Crippen LogP contribution in [-0.2, 0) is 14.8 Å². The maximum absolute atomic E-state index is 12.4. The number of sulfonamides is 1. The zero-order valence-electron chi connectivity index (χ0n) is 13.6. The maximum atomic E-state index is 12.4. The van der Waals surface area contributed by atoms with Crippen molar-refractivity contribution in [3.05, 3.63) is 35.5 Å². The van der Waals surface area contributed by atoms with Gasteiger partial charge < -0.3 is 9.84 Å². The molecule has 9 nitrogen and oxygen atoms in total. The van der Waals surface area contributed by atoms with E-state index in [0.29, 0.717) is 21.3 Å². The van der Waals surface area contributed by atoms with E-state index in [1.165, 1.54) is 24.3 Å². The summed E-state index contributed by atoms with van der Waals surface area (Å²) in [5.74, 6) is -0.253. The summed E-state index contributed by atoms with van der Waals surface area (Å²) < 4.78 is 32.5. The van der Waals surface area contributed by atoms with Crippen molar-refractivity contribution in [2.45, 2.75) is 24.1 Å². The monoisotopic (exact) mass is 411 g/mol. The summed E-state index contributed by atoms with van der Waals surface area (Å²) in [5.41, 5.74) is 1.62. The highest BCUT2D eigenvalue weighted by atomic mass is 32.2. The minimum absolute atomic E-state index is 0.0269. The molecule has 0 aliphatic carbocycles. The van der Waals surface area contributed by atoms with Crippen LogP contribution in [0.4, 0.5) is 11.6 Å². The van der Waals surface area contributed by atoms with Gasteiger partial charge in [0.25, 0.3) is 15.9 Å². The summed E-state index contributed by atoms with van der Waals surface area (Å²) in [7, 11) is -3.83. The Kier molecular flexibility index (Phi) is 5.07. The van der Waals surface area contributed by atoms with E-state index < -0.39 is 15.4 Å². The van der Waals surface area contributed by atoms with Crippen molar-refractivity contribution in [3.63, 3.8) is 0 Å². The molecule has 1 atom stereocenters. The normalized spacial score (nSPS) is 17.7. The molecule has 12 heteroatoms. The Morgan fingerprint density at radius 3 is 2.54 bits per heavy atom. The second-order valence-corrected chi connectivity index (χ2v) is 8.72. The standard InChI is InChI=1S/C14H13N5O4S3/c1-7-8(2)18-23-12(7)19-26(21,22)10-5-3-9(4-6-10)16-17-13-11(20)15-14(24)25-13/h3-6,13,19H,1-2H3,(H,15,20,24)/t13-/m0/s1. The van der Waals surface area contributed by atoms with Crippen molar-refractivity contribution >= 4 is 55.8 Å². The molecule has 0 bridgehead atoms. The first-order valence-corrected chi connectivity index (χ1v) is 10.0. The van der Waals surface area contributed by atoms with Crippen molar-refractivity contribution in [1.82, 2.24) is 10.5 Å². The van der Waals surface area contributed by atoms with Gasteiger partial charge in [-0.25, -0.2) is 13.1 Å². The van der Waals surface area contributed by atoms with Crippen LogP contribution in [0.1, 0.15) is 11.3 Å². The number of benzene rings is 1. The molecular weight excluding hydrogens is 398 g/mol. The zero-order chi connectivity index (χ0) is 18.9. The Balaban J connectivity index is 1.73. The molecule has 0 unspecified atom stereocenters. The van der Waals surface area contributed by atoms with Gasteiger partial charge in [-0.1, -0.05) is 29.1 Å². The Morgan fingerprint density at radius 1 is 1.31 bits per heavy atom. The lowest BCUT2D eigenvalue weighted by atomic mass is 10.3. The molecule has 2 heterocycles. The van der Waals surface area contributed by atoms with E-state index in [0.717, 1.165) is 11.8 Å². The van der Waals surface area contributed by atoms with Crippen LogP contribution in [0.3, 0.4) is 0 Å². The number of carbonyl (C=O) groups excluding carboxylic acids is 1. The molecule has 1 saturated heterocycles. The number of azo groups is 1. The van der Waals surface area contributed by atoms with Gasteiger partial charge in [-0.3, -0.25) is 4.79 Å². The van der Waals surface area contributed by atoms with Crippen LogP contribution in [0.5, 0.6) is 0 Å². The third kappa shape index (κ3) is 3.92. The molecule has 0 saturated carbocycles. The number of carbonyl (C=O) groups is 1. The Bertz CT molecular complexity index is 998. The van der Waals surface area contributed by atoms with Gasteiger partial charge in [0.05, 0.1) is 16.3 Å². The molecule has 1 aliphatic heterocycles. The molecule has 1 aliphatic rings. The van der Waals surface area contributed by atoms with Gasteiger partial charge in [0.2, 0.25) is 11.3 Å². The van der Waals surface area contributed by atoms with E-state index in [4.69, 9.17) is 16.7 Å². The SMILES string of the molecule is Cc1noc(NS(=O)(=O)c2ccc(N=N[C@H]3SC(=S)NC3=O)cc2)c1C. The van der Waals surface area contributed by atoms with Crippen molar-refractivity contribution < 1.29 is 17.7 Å². The lowest BCUT2D eigenvalue weighted by molar-refractivity contribution is -0.118. The summed E-state index contributed by atoms with van der Waals surface area (Å²) in [6.07, 6.45) is 0. The Hall–Kier alpha value is -2.31. The number of anilines is 1. The molecule has 2 aromatic rings. The van der Waals surface area contributed by atoms with Crippen molar-refractivity contribution in [2.24, 2.45) is 10.2 Å². The summed E-state index contributed by atoms with van der Waals surface area (Å²) in [5, 5.41) is 13.3. The largest absolute Gasteiger partial charge is 0.337 e. The van der Waals surface area contributed by atoms with Crippen LogP contribution in [-0.4, -0.2) is 29.2 Å². The first-order valence-electron chi connectivity index (χ1n) is 7.24. The molecule has 1 aromatic carbocycles. The van der Waals surface area contributed by atoms with Crippen molar-refractivity contribution in [1.29, 1.82) is 0 Å². The van der Waals surface area contributed by atoms with E-state index >= 15 is 0 Å². The van der Waals surface area contributed by atoms with E-state index in [2.05, 4.69) is 25.4 Å². The molecule has 0 radical (unpaired) electrons. The number of aryl methyl sites for hydroxylation is 1. The van der Waals surface area contributed by atoms with Crippen LogP contribution in [0.25, 0.3) is 0 Å². The highest BCUT2D eigenvalue weighted by Crippen LogP contribution is 2.25. The number of aromatic nitrogens is 1. The fourth-order valence-electron chi connectivity index (χ4n) is 1.93. The van der Waals surface area contributed by atoms with Gasteiger partial charge in [-0.2, -0.15) is 10.2 Å². The van der Waals surface area contributed by atoms with Crippen LogP contribution in [0.15, 0.2) is 43.9 Å². The van der Waals surface area contributed by atoms with Crippen LogP contribution >= 0.6 is 24.0 Å². The van der Waals surface area contributed by atoms with E-state index in [9.17, 15) is 13.2 Å². The molecule has 3 rings (SSSR count). The summed E-state index contributed by atoms with van der Waals surface area (Å²) in [4.78, 5) is 11.5. The minimum Gasteiger partial charge on any atom is -0.337 e.